The average Bonchev–Trinajstić information content (AvgIpc) is 1.49. The minimum Gasteiger partial charge on any atom is -0.455 e. The van der Waals surface area contributed by atoms with Gasteiger partial charge in [-0.05, 0) is 187 Å². The van der Waals surface area contributed by atoms with Crippen molar-refractivity contribution in [2.45, 2.75) is 110 Å². The Balaban J connectivity index is 1.11. The highest BCUT2D eigenvalue weighted by Crippen LogP contribution is 2.65. The van der Waals surface area contributed by atoms with Crippen LogP contribution in [-0.4, -0.2) is 0 Å². The maximum Gasteiger partial charge on any atom is 0.160 e. The number of para-hydroxylation sites is 4. The van der Waals surface area contributed by atoms with E-state index in [4.69, 9.17) is 8.83 Å². The van der Waals surface area contributed by atoms with Crippen LogP contribution in [0.2, 0.25) is 0 Å². The summed E-state index contributed by atoms with van der Waals surface area (Å²) in [4.78, 5) is 7.18. The molecule has 1 aliphatic carbocycles. The number of fused-ring (bicyclic) bond motifs is 11. The molecule has 15 rings (SSSR count). The molecule has 0 bridgehead atoms. The van der Waals surface area contributed by atoms with Gasteiger partial charge in [-0.2, -0.15) is 5.26 Å². The molecule has 6 heteroatoms. The summed E-state index contributed by atoms with van der Waals surface area (Å²) in [6.45, 7) is 27.2. The lowest BCUT2D eigenvalue weighted by Crippen LogP contribution is -2.29. The number of nitrogens with zero attached hydrogens (tertiary/aromatic N) is 4. The van der Waals surface area contributed by atoms with E-state index in [0.717, 1.165) is 128 Å². The summed E-state index contributed by atoms with van der Waals surface area (Å²) in [5.41, 5.74) is 22.4. The van der Waals surface area contributed by atoms with E-state index < -0.39 is 5.41 Å². The van der Waals surface area contributed by atoms with Gasteiger partial charge in [0.2, 0.25) is 0 Å². The van der Waals surface area contributed by atoms with E-state index in [1.54, 1.807) is 0 Å². The van der Waals surface area contributed by atoms with Crippen LogP contribution < -0.4 is 14.7 Å². The van der Waals surface area contributed by atoms with Crippen LogP contribution in [0.4, 0.5) is 51.2 Å². The lowest BCUT2D eigenvalue weighted by Gasteiger charge is -2.36. The molecule has 0 spiro atoms. The van der Waals surface area contributed by atoms with E-state index in [0.29, 0.717) is 5.56 Å². The van der Waals surface area contributed by atoms with Crippen LogP contribution in [0, 0.1) is 11.3 Å². The van der Waals surface area contributed by atoms with E-state index in [2.05, 4.69) is 359 Å². The Morgan fingerprint density at radius 2 is 0.635 bits per heavy atom. The summed E-state index contributed by atoms with van der Waals surface area (Å²) >= 11 is 0. The van der Waals surface area contributed by atoms with Crippen molar-refractivity contribution in [2.75, 3.05) is 14.7 Å². The van der Waals surface area contributed by atoms with E-state index in [-0.39, 0.29) is 21.7 Å². The van der Waals surface area contributed by atoms with Gasteiger partial charge in [0.1, 0.15) is 16.7 Å². The summed E-state index contributed by atoms with van der Waals surface area (Å²) in [5.74, 6) is 0. The summed E-state index contributed by atoms with van der Waals surface area (Å²) in [5, 5.41) is 14.7. The molecule has 96 heavy (non-hydrogen) atoms. The van der Waals surface area contributed by atoms with Crippen LogP contribution in [0.15, 0.2) is 276 Å². The first-order chi connectivity index (χ1) is 46.1. The van der Waals surface area contributed by atoms with Crippen LogP contribution in [0.1, 0.15) is 133 Å². The molecule has 2 aromatic heterocycles. The number of furan rings is 2. The monoisotopic (exact) mass is 1250 g/mol. The van der Waals surface area contributed by atoms with Gasteiger partial charge in [0, 0.05) is 67.1 Å². The molecule has 12 aromatic carbocycles. The molecule has 0 fully saturated rings. The predicted octanol–water partition coefficient (Wildman–Crippen LogP) is 25.3. The highest BCUT2D eigenvalue weighted by Gasteiger charge is 2.51. The zero-order chi connectivity index (χ0) is 66.6. The molecule has 14 aromatic rings. The maximum absolute atomic E-state index is 10.7. The van der Waals surface area contributed by atoms with Gasteiger partial charge in [0.05, 0.1) is 33.8 Å². The van der Waals surface area contributed by atoms with Crippen molar-refractivity contribution in [1.82, 2.24) is 0 Å². The van der Waals surface area contributed by atoms with Crippen molar-refractivity contribution in [3.8, 4) is 17.2 Å². The van der Waals surface area contributed by atoms with E-state index in [1.807, 2.05) is 12.1 Å². The number of hydrogen-bond acceptors (Lipinski definition) is 6. The second kappa shape index (κ2) is 23.0. The molecule has 0 saturated carbocycles. The highest BCUT2D eigenvalue weighted by molar-refractivity contribution is 6.26. The van der Waals surface area contributed by atoms with Gasteiger partial charge in [-0.15, -0.1) is 0 Å². The Bertz CT molecular complexity index is 5220. The van der Waals surface area contributed by atoms with Gasteiger partial charge in [0.25, 0.3) is 0 Å². The zero-order valence-electron chi connectivity index (χ0n) is 57.0. The fourth-order valence-corrected chi connectivity index (χ4v) is 14.7. The third kappa shape index (κ3) is 10.3. The molecule has 1 atom stereocenters. The van der Waals surface area contributed by atoms with Gasteiger partial charge >= 0.3 is 0 Å². The first-order valence-electron chi connectivity index (χ1n) is 33.6. The summed E-state index contributed by atoms with van der Waals surface area (Å²) in [7, 11) is 0. The number of anilines is 9. The molecule has 0 amide bonds. The first-order valence-corrected chi connectivity index (χ1v) is 33.6. The molecule has 0 saturated heterocycles. The Labute approximate surface area is 564 Å². The molecule has 0 aliphatic heterocycles. The molecule has 472 valence electrons. The quantitative estimate of drug-likeness (QED) is 0.129. The number of rotatable bonds is 11. The molecular weight excluding hydrogens is 1170 g/mol. The predicted molar refractivity (Wildman–Crippen MR) is 402 cm³/mol. The maximum atomic E-state index is 10.7. The van der Waals surface area contributed by atoms with E-state index >= 15 is 0 Å². The van der Waals surface area contributed by atoms with Crippen LogP contribution in [-0.2, 0) is 27.1 Å². The summed E-state index contributed by atoms with van der Waals surface area (Å²) in [6, 6.07) is 99.8. The highest BCUT2D eigenvalue weighted by atomic mass is 16.3. The average molecular weight is 1250 g/mol. The number of benzene rings is 12. The van der Waals surface area contributed by atoms with Crippen LogP contribution in [0.25, 0.3) is 55.0 Å². The third-order valence-electron chi connectivity index (χ3n) is 19.8. The van der Waals surface area contributed by atoms with E-state index in [1.165, 1.54) is 22.3 Å². The standard InChI is InChI=1S/C90H80N4O2/c1-86(2,3)59-35-45-67(46-36-59)92(68-47-37-60(38-48-68)87(4,5)6)69-53-43-64(44-54-69)90(63-33-31-58(57-91)32-34-63)74-56-77(94(66-25-17-14-18-26-66)71-51-41-62(42-52-71)89(10,11)12)84-81(73-28-20-22-30-79(73)95-84)82(74)83-75(90)55-76(80-72-27-19-21-29-78(72)96-85(80)83)93(65-23-15-13-16-24-65)70-49-39-61(40-50-70)88(7,8)9/h13-56H,1-12H3. The zero-order valence-corrected chi connectivity index (χ0v) is 57.0. The first kappa shape index (κ1) is 61.3. The Morgan fingerprint density at radius 3 is 1.05 bits per heavy atom. The minimum absolute atomic E-state index is 0.0288. The van der Waals surface area contributed by atoms with Crippen molar-refractivity contribution in [2.24, 2.45) is 0 Å². The van der Waals surface area contributed by atoms with Crippen LogP contribution >= 0.6 is 0 Å². The van der Waals surface area contributed by atoms with Crippen molar-refractivity contribution >= 4 is 95.1 Å². The van der Waals surface area contributed by atoms with Crippen molar-refractivity contribution in [3.05, 3.63) is 317 Å². The second-order valence-corrected chi connectivity index (χ2v) is 30.1. The molecule has 0 radical (unpaired) electrons. The molecule has 6 nitrogen and oxygen atoms in total. The van der Waals surface area contributed by atoms with Crippen molar-refractivity contribution < 1.29 is 8.83 Å². The van der Waals surface area contributed by atoms with Crippen molar-refractivity contribution in [1.29, 1.82) is 5.26 Å². The second-order valence-electron chi connectivity index (χ2n) is 30.1. The van der Waals surface area contributed by atoms with Crippen LogP contribution in [0.5, 0.6) is 0 Å². The summed E-state index contributed by atoms with van der Waals surface area (Å²) < 4.78 is 15.1. The SMILES string of the molecule is CC(C)(C)c1ccc(N(c2ccc(C(C)(C)C)cc2)c2ccc(C3(c4ccc(C#N)cc4)c4cc(N(c5ccccc5)c5ccc(C(C)(C)C)cc5)c5c(oc6ccccc65)c4-c4c3cc(N(c3ccccc3)c3ccc(C(C)(C)C)cc3)c3oc5ccccc5c43)cc2)cc1. The third-order valence-corrected chi connectivity index (χ3v) is 19.8. The fraction of sp³-hybridized carbons (Fsp3) is 0.189. The van der Waals surface area contributed by atoms with Gasteiger partial charge in [-0.25, -0.2) is 0 Å². The smallest absolute Gasteiger partial charge is 0.160 e. The van der Waals surface area contributed by atoms with Gasteiger partial charge < -0.3 is 23.5 Å². The topological polar surface area (TPSA) is 59.8 Å². The molecule has 1 aliphatic rings. The fourth-order valence-electron chi connectivity index (χ4n) is 14.7. The van der Waals surface area contributed by atoms with Gasteiger partial charge in [0.15, 0.2) is 5.58 Å². The Hall–Kier alpha value is -10.9. The normalized spacial score (nSPS) is 14.1. The summed E-state index contributed by atoms with van der Waals surface area (Å²) in [6.07, 6.45) is 0. The van der Waals surface area contributed by atoms with E-state index in [9.17, 15) is 5.26 Å². The Morgan fingerprint density at radius 1 is 0.312 bits per heavy atom. The Kier molecular flexibility index (Phi) is 14.7. The minimum atomic E-state index is -1.12. The van der Waals surface area contributed by atoms with Gasteiger partial charge in [-0.1, -0.05) is 229 Å². The lowest BCUT2D eigenvalue weighted by molar-refractivity contribution is 0.590. The van der Waals surface area contributed by atoms with Crippen LogP contribution in [0.3, 0.4) is 0 Å². The molecule has 1 unspecified atom stereocenters. The molecule has 2 heterocycles. The number of hydrogen-bond donors (Lipinski definition) is 0. The largest absolute Gasteiger partial charge is 0.455 e. The van der Waals surface area contributed by atoms with Crippen molar-refractivity contribution in [3.63, 3.8) is 0 Å². The number of nitriles is 1. The lowest BCUT2D eigenvalue weighted by atomic mass is 9.67. The van der Waals surface area contributed by atoms with Gasteiger partial charge in [-0.3, -0.25) is 0 Å². The molecular formula is C90H80N4O2. The molecule has 0 N–H and O–H groups in total.